The second-order valence-electron chi connectivity index (χ2n) is 4.96. The number of aliphatic imine (C=N–C) groups is 1. The molecule has 1 aliphatic rings. The molecule has 0 fully saturated rings. The molecule has 2 N–H and O–H groups in total. The highest BCUT2D eigenvalue weighted by molar-refractivity contribution is 6.12. The van der Waals surface area contributed by atoms with E-state index in [-0.39, 0.29) is 5.91 Å². The van der Waals surface area contributed by atoms with Gasteiger partial charge in [-0.15, -0.1) is 0 Å². The summed E-state index contributed by atoms with van der Waals surface area (Å²) in [5, 5.41) is 5.87. The fraction of sp³-hybridized carbons (Fsp3) is 0.176. The van der Waals surface area contributed by atoms with Gasteiger partial charge in [-0.3, -0.25) is 15.1 Å². The number of fused-ring (bicyclic) bond motifs is 1. The zero-order valence-corrected chi connectivity index (χ0v) is 11.8. The van der Waals surface area contributed by atoms with Crippen molar-refractivity contribution < 1.29 is 4.79 Å². The number of carbonyl (C=O) groups is 1. The molecule has 2 aromatic rings. The molecule has 0 radical (unpaired) electrons. The van der Waals surface area contributed by atoms with Gasteiger partial charge in [0.25, 0.3) is 5.91 Å². The summed E-state index contributed by atoms with van der Waals surface area (Å²) in [4.78, 5) is 16.7. The minimum absolute atomic E-state index is 0.131. The smallest absolute Gasteiger partial charge is 0.263 e. The minimum atomic E-state index is -0.559. The molecule has 3 rings (SSSR count). The third-order valence-electron chi connectivity index (χ3n) is 3.52. The van der Waals surface area contributed by atoms with Crippen molar-refractivity contribution in [2.75, 3.05) is 12.4 Å². The van der Waals surface area contributed by atoms with Crippen LogP contribution in [-0.4, -0.2) is 24.8 Å². The van der Waals surface area contributed by atoms with Gasteiger partial charge in [-0.1, -0.05) is 48.5 Å². The average molecular weight is 279 g/mol. The fourth-order valence-corrected chi connectivity index (χ4v) is 2.45. The number of nitrogens with zero attached hydrogens (tertiary/aromatic N) is 1. The van der Waals surface area contributed by atoms with Crippen molar-refractivity contribution in [3.63, 3.8) is 0 Å². The molecule has 21 heavy (non-hydrogen) atoms. The zero-order chi connectivity index (χ0) is 14.7. The number of hydrogen-bond acceptors (Lipinski definition) is 3. The van der Waals surface area contributed by atoms with Crippen molar-refractivity contribution >= 4 is 17.3 Å². The summed E-state index contributed by atoms with van der Waals surface area (Å²) in [5.41, 5.74) is 3.88. The van der Waals surface area contributed by atoms with Crippen LogP contribution in [0.25, 0.3) is 0 Å². The predicted octanol–water partition coefficient (Wildman–Crippen LogP) is 2.22. The maximum Gasteiger partial charge on any atom is 0.263 e. The summed E-state index contributed by atoms with van der Waals surface area (Å²) in [6, 6.07) is 17.9. The number of nitrogens with one attached hydrogen (secondary N) is 2. The Kier molecular flexibility index (Phi) is 3.79. The van der Waals surface area contributed by atoms with Gasteiger partial charge in [0.1, 0.15) is 0 Å². The molecule has 0 bridgehead atoms. The molecule has 0 aliphatic carbocycles. The van der Waals surface area contributed by atoms with Gasteiger partial charge in [0.05, 0.1) is 5.71 Å². The number of amides is 1. The Hall–Kier alpha value is -2.46. The predicted molar refractivity (Wildman–Crippen MR) is 84.6 cm³/mol. The van der Waals surface area contributed by atoms with E-state index >= 15 is 0 Å². The first kappa shape index (κ1) is 13.5. The first-order valence-electron chi connectivity index (χ1n) is 6.96. The lowest BCUT2D eigenvalue weighted by Crippen LogP contribution is -2.36. The van der Waals surface area contributed by atoms with Gasteiger partial charge in [0.2, 0.25) is 0 Å². The van der Waals surface area contributed by atoms with Crippen molar-refractivity contribution in [1.29, 1.82) is 0 Å². The van der Waals surface area contributed by atoms with Gasteiger partial charge in [-0.25, -0.2) is 0 Å². The highest BCUT2D eigenvalue weighted by atomic mass is 16.2. The SMILES string of the molecule is CNC1N=C(Cc2ccccc2)c2ccccc2NC1=O. The molecule has 2 aromatic carbocycles. The van der Waals surface area contributed by atoms with Gasteiger partial charge < -0.3 is 5.32 Å². The van der Waals surface area contributed by atoms with Crippen LogP contribution in [0, 0.1) is 0 Å². The number of para-hydroxylation sites is 1. The molecule has 1 atom stereocenters. The third-order valence-corrected chi connectivity index (χ3v) is 3.52. The van der Waals surface area contributed by atoms with E-state index in [9.17, 15) is 4.79 Å². The topological polar surface area (TPSA) is 53.5 Å². The highest BCUT2D eigenvalue weighted by Gasteiger charge is 2.23. The molecule has 4 nitrogen and oxygen atoms in total. The maximum absolute atomic E-state index is 12.1. The molecular formula is C17H17N3O. The van der Waals surface area contributed by atoms with Crippen molar-refractivity contribution in [3.05, 3.63) is 65.7 Å². The average Bonchev–Trinajstić information content (AvgIpc) is 2.65. The molecule has 0 saturated heterocycles. The lowest BCUT2D eigenvalue weighted by atomic mass is 10.0. The highest BCUT2D eigenvalue weighted by Crippen LogP contribution is 2.21. The number of hydrogen-bond donors (Lipinski definition) is 2. The second kappa shape index (κ2) is 5.89. The number of benzene rings is 2. The summed E-state index contributed by atoms with van der Waals surface area (Å²) in [7, 11) is 1.74. The van der Waals surface area contributed by atoms with Gasteiger partial charge in [0, 0.05) is 17.7 Å². The quantitative estimate of drug-likeness (QED) is 0.905. The van der Waals surface area contributed by atoms with Crippen LogP contribution in [0.2, 0.25) is 0 Å². The van der Waals surface area contributed by atoms with Crippen LogP contribution in [0.1, 0.15) is 11.1 Å². The second-order valence-corrected chi connectivity index (χ2v) is 4.96. The first-order valence-corrected chi connectivity index (χ1v) is 6.96. The van der Waals surface area contributed by atoms with E-state index in [1.54, 1.807) is 7.05 Å². The molecule has 0 aromatic heterocycles. The van der Waals surface area contributed by atoms with Crippen molar-refractivity contribution in [2.24, 2.45) is 4.99 Å². The van der Waals surface area contributed by atoms with Crippen LogP contribution in [0.3, 0.4) is 0 Å². The van der Waals surface area contributed by atoms with E-state index in [4.69, 9.17) is 0 Å². The number of carbonyl (C=O) groups excluding carboxylic acids is 1. The third kappa shape index (κ3) is 2.85. The Morgan fingerprint density at radius 2 is 1.81 bits per heavy atom. The number of benzodiazepines with no additional fused rings is 1. The van der Waals surface area contributed by atoms with E-state index in [2.05, 4.69) is 27.8 Å². The Morgan fingerprint density at radius 1 is 1.10 bits per heavy atom. The van der Waals surface area contributed by atoms with Crippen LogP contribution in [0.5, 0.6) is 0 Å². The van der Waals surface area contributed by atoms with Gasteiger partial charge >= 0.3 is 0 Å². The number of likely N-dealkylation sites (N-methyl/N-ethyl adjacent to an activating group) is 1. The molecule has 1 unspecified atom stereocenters. The Morgan fingerprint density at radius 3 is 2.57 bits per heavy atom. The summed E-state index contributed by atoms with van der Waals surface area (Å²) < 4.78 is 0. The van der Waals surface area contributed by atoms with E-state index in [0.29, 0.717) is 6.42 Å². The summed E-state index contributed by atoms with van der Waals surface area (Å²) in [6.07, 6.45) is 0.140. The van der Waals surface area contributed by atoms with Crippen molar-refractivity contribution in [3.8, 4) is 0 Å². The van der Waals surface area contributed by atoms with Crippen LogP contribution in [0.4, 0.5) is 5.69 Å². The molecule has 4 heteroatoms. The summed E-state index contributed by atoms with van der Waals surface area (Å²) >= 11 is 0. The number of anilines is 1. The van der Waals surface area contributed by atoms with Gasteiger partial charge in [-0.05, 0) is 18.7 Å². The number of rotatable bonds is 3. The zero-order valence-electron chi connectivity index (χ0n) is 11.8. The summed E-state index contributed by atoms with van der Waals surface area (Å²) in [6.45, 7) is 0. The van der Waals surface area contributed by atoms with Crippen LogP contribution >= 0.6 is 0 Å². The molecule has 1 heterocycles. The molecule has 0 spiro atoms. The maximum atomic E-state index is 12.1. The minimum Gasteiger partial charge on any atom is -0.322 e. The van der Waals surface area contributed by atoms with E-state index in [1.165, 1.54) is 5.56 Å². The van der Waals surface area contributed by atoms with Crippen LogP contribution < -0.4 is 10.6 Å². The molecule has 0 saturated carbocycles. The Labute approximate surface area is 123 Å². The molecule has 1 aliphatic heterocycles. The molecule has 106 valence electrons. The van der Waals surface area contributed by atoms with Crippen LogP contribution in [0.15, 0.2) is 59.6 Å². The van der Waals surface area contributed by atoms with Gasteiger partial charge in [0.15, 0.2) is 6.17 Å². The van der Waals surface area contributed by atoms with E-state index in [0.717, 1.165) is 17.0 Å². The first-order chi connectivity index (χ1) is 10.3. The lowest BCUT2D eigenvalue weighted by molar-refractivity contribution is -0.117. The largest absolute Gasteiger partial charge is 0.322 e. The Balaban J connectivity index is 2.03. The fourth-order valence-electron chi connectivity index (χ4n) is 2.45. The van der Waals surface area contributed by atoms with E-state index in [1.807, 2.05) is 42.5 Å². The normalized spacial score (nSPS) is 17.5. The monoisotopic (exact) mass is 279 g/mol. The molecule has 1 amide bonds. The standard InChI is InChI=1S/C17H17N3O/c1-18-16-17(21)20-14-10-6-5-9-13(14)15(19-16)11-12-7-3-2-4-8-12/h2-10,16,18H,11H2,1H3,(H,20,21). The van der Waals surface area contributed by atoms with Crippen LogP contribution in [-0.2, 0) is 11.2 Å². The Bertz CT molecular complexity index is 679. The summed E-state index contributed by atoms with van der Waals surface area (Å²) in [5.74, 6) is -0.131. The van der Waals surface area contributed by atoms with Crippen molar-refractivity contribution in [1.82, 2.24) is 5.32 Å². The van der Waals surface area contributed by atoms with Crippen molar-refractivity contribution in [2.45, 2.75) is 12.6 Å². The lowest BCUT2D eigenvalue weighted by Gasteiger charge is -2.09. The van der Waals surface area contributed by atoms with Gasteiger partial charge in [-0.2, -0.15) is 0 Å². The molecular weight excluding hydrogens is 262 g/mol. The van der Waals surface area contributed by atoms with E-state index < -0.39 is 6.17 Å².